The predicted octanol–water partition coefficient (Wildman–Crippen LogP) is 6.55. The summed E-state index contributed by atoms with van der Waals surface area (Å²) in [6.45, 7) is 3.46. The summed E-state index contributed by atoms with van der Waals surface area (Å²) in [4.78, 5) is 18.1. The Hall–Kier alpha value is -2.47. The first-order valence-corrected chi connectivity index (χ1v) is 10.9. The summed E-state index contributed by atoms with van der Waals surface area (Å²) in [5.74, 6) is -0.542. The predicted molar refractivity (Wildman–Crippen MR) is 116 cm³/mol. The van der Waals surface area contributed by atoms with Gasteiger partial charge in [-0.05, 0) is 48.1 Å². The molecule has 0 radical (unpaired) electrons. The molecule has 1 atom stereocenters. The second-order valence-electron chi connectivity index (χ2n) is 8.02. The summed E-state index contributed by atoms with van der Waals surface area (Å²) in [5, 5.41) is 0.593. The second kappa shape index (κ2) is 8.58. The number of likely N-dealkylation sites (tertiary alicyclic amines) is 1. The first-order chi connectivity index (χ1) is 14.8. The number of rotatable bonds is 5. The fourth-order valence-corrected chi connectivity index (χ4v) is 4.70. The van der Waals surface area contributed by atoms with E-state index in [2.05, 4.69) is 11.9 Å². The number of aromatic amines is 1. The molecule has 1 aliphatic rings. The molecule has 7 heteroatoms. The zero-order valence-corrected chi connectivity index (χ0v) is 18.0. The molecule has 4 rings (SSSR count). The first-order valence-electron chi connectivity index (χ1n) is 10.5. The summed E-state index contributed by atoms with van der Waals surface area (Å²) < 4.78 is 40.6. The Labute approximate surface area is 184 Å². The van der Waals surface area contributed by atoms with E-state index in [1.54, 1.807) is 11.0 Å². The van der Waals surface area contributed by atoms with Gasteiger partial charge in [-0.25, -0.2) is 0 Å². The first kappa shape index (κ1) is 21.8. The summed E-state index contributed by atoms with van der Waals surface area (Å²) in [6.07, 6.45) is 0.126. The standard InChI is InChI=1S/C24H24ClF3N2O/c1-2-15-6-5-7-17-19(14-29-23(15)17)18(13-22(31)30-10-3-4-11-30)16-8-9-21(25)20(12-16)24(26,27)28/h5-9,12,14,18,29H,2-4,10-11,13H2,1H3/t18-/m0/s1. The molecular weight excluding hydrogens is 425 g/mol. The third kappa shape index (κ3) is 4.31. The van der Waals surface area contributed by atoms with Gasteiger partial charge in [0.15, 0.2) is 0 Å². The molecule has 164 valence electrons. The molecule has 1 saturated heterocycles. The highest BCUT2D eigenvalue weighted by Gasteiger charge is 2.35. The molecule has 0 bridgehead atoms. The molecule has 0 aliphatic carbocycles. The van der Waals surface area contributed by atoms with E-state index in [0.29, 0.717) is 18.7 Å². The molecule has 3 nitrogen and oxygen atoms in total. The summed E-state index contributed by atoms with van der Waals surface area (Å²) >= 11 is 5.85. The van der Waals surface area contributed by atoms with E-state index in [-0.39, 0.29) is 17.4 Å². The summed E-state index contributed by atoms with van der Waals surface area (Å²) in [6, 6.07) is 9.89. The molecule has 0 unspecified atom stereocenters. The van der Waals surface area contributed by atoms with Crippen LogP contribution in [0, 0.1) is 0 Å². The van der Waals surface area contributed by atoms with Gasteiger partial charge in [-0.1, -0.05) is 42.8 Å². The molecule has 1 N–H and O–H groups in total. The summed E-state index contributed by atoms with van der Waals surface area (Å²) in [5.41, 5.74) is 2.48. The van der Waals surface area contributed by atoms with Gasteiger partial charge in [-0.15, -0.1) is 0 Å². The Morgan fingerprint density at radius 3 is 2.61 bits per heavy atom. The van der Waals surface area contributed by atoms with E-state index >= 15 is 0 Å². The molecule has 1 aromatic heterocycles. The number of aryl methyl sites for hydroxylation is 1. The molecule has 0 saturated carbocycles. The van der Waals surface area contributed by atoms with E-state index in [9.17, 15) is 18.0 Å². The van der Waals surface area contributed by atoms with E-state index in [1.807, 2.05) is 24.4 Å². The highest BCUT2D eigenvalue weighted by atomic mass is 35.5. The van der Waals surface area contributed by atoms with Crippen LogP contribution >= 0.6 is 11.6 Å². The van der Waals surface area contributed by atoms with Crippen LogP contribution in [0.4, 0.5) is 13.2 Å². The van der Waals surface area contributed by atoms with Gasteiger partial charge in [0.25, 0.3) is 0 Å². The fraction of sp³-hybridized carbons (Fsp3) is 0.375. The molecule has 1 fully saturated rings. The van der Waals surface area contributed by atoms with Crippen LogP contribution < -0.4 is 0 Å². The average Bonchev–Trinajstić information content (AvgIpc) is 3.41. The SMILES string of the molecule is CCc1cccc2c([C@@H](CC(=O)N3CCCC3)c3ccc(Cl)c(C(F)(F)F)c3)c[nH]c12. The minimum atomic E-state index is -4.56. The van der Waals surface area contributed by atoms with Crippen molar-refractivity contribution in [2.45, 2.75) is 44.7 Å². The van der Waals surface area contributed by atoms with E-state index in [4.69, 9.17) is 11.6 Å². The van der Waals surface area contributed by atoms with Crippen LogP contribution in [0.3, 0.4) is 0 Å². The molecular formula is C24H24ClF3N2O. The van der Waals surface area contributed by atoms with Crippen molar-refractivity contribution in [2.75, 3.05) is 13.1 Å². The Morgan fingerprint density at radius 2 is 1.94 bits per heavy atom. The minimum Gasteiger partial charge on any atom is -0.361 e. The largest absolute Gasteiger partial charge is 0.417 e. The molecule has 0 spiro atoms. The maximum atomic E-state index is 13.5. The monoisotopic (exact) mass is 448 g/mol. The Bertz CT molecular complexity index is 1100. The number of aromatic nitrogens is 1. The number of carbonyl (C=O) groups excluding carboxylic acids is 1. The van der Waals surface area contributed by atoms with Gasteiger partial charge < -0.3 is 9.88 Å². The number of fused-ring (bicyclic) bond motifs is 1. The molecule has 1 aliphatic heterocycles. The lowest BCUT2D eigenvalue weighted by atomic mass is 9.86. The molecule has 2 aromatic carbocycles. The van der Waals surface area contributed by atoms with Crippen LogP contribution in [0.15, 0.2) is 42.6 Å². The van der Waals surface area contributed by atoms with E-state index < -0.39 is 17.7 Å². The molecule has 3 aromatic rings. The number of benzene rings is 2. The molecule has 31 heavy (non-hydrogen) atoms. The maximum absolute atomic E-state index is 13.5. The van der Waals surface area contributed by atoms with Crippen molar-refractivity contribution in [3.63, 3.8) is 0 Å². The quantitative estimate of drug-likeness (QED) is 0.472. The van der Waals surface area contributed by atoms with Gasteiger partial charge in [0.1, 0.15) is 0 Å². The van der Waals surface area contributed by atoms with Crippen molar-refractivity contribution in [1.29, 1.82) is 0 Å². The van der Waals surface area contributed by atoms with Gasteiger partial charge in [0.05, 0.1) is 10.6 Å². The van der Waals surface area contributed by atoms with Crippen molar-refractivity contribution in [3.8, 4) is 0 Å². The molecule has 1 amide bonds. The number of H-pyrrole nitrogens is 1. The fourth-order valence-electron chi connectivity index (χ4n) is 4.48. The number of alkyl halides is 3. The number of nitrogens with zero attached hydrogens (tertiary/aromatic N) is 1. The van der Waals surface area contributed by atoms with Gasteiger partial charge in [-0.3, -0.25) is 4.79 Å². The average molecular weight is 449 g/mol. The Kier molecular flexibility index (Phi) is 6.02. The number of halogens is 4. The Morgan fingerprint density at radius 1 is 1.19 bits per heavy atom. The highest BCUT2D eigenvalue weighted by Crippen LogP contribution is 2.40. The lowest BCUT2D eigenvalue weighted by Crippen LogP contribution is -2.29. The summed E-state index contributed by atoms with van der Waals surface area (Å²) in [7, 11) is 0. The lowest BCUT2D eigenvalue weighted by molar-refractivity contribution is -0.137. The smallest absolute Gasteiger partial charge is 0.361 e. The van der Waals surface area contributed by atoms with Crippen molar-refractivity contribution in [3.05, 3.63) is 69.9 Å². The van der Waals surface area contributed by atoms with Gasteiger partial charge in [-0.2, -0.15) is 13.2 Å². The van der Waals surface area contributed by atoms with Gasteiger partial charge in [0, 0.05) is 42.5 Å². The van der Waals surface area contributed by atoms with Crippen molar-refractivity contribution in [2.24, 2.45) is 0 Å². The normalized spacial score (nSPS) is 15.6. The third-order valence-corrected chi connectivity index (χ3v) is 6.46. The number of amides is 1. The van der Waals surface area contributed by atoms with Crippen molar-refractivity contribution in [1.82, 2.24) is 9.88 Å². The van der Waals surface area contributed by atoms with Crippen molar-refractivity contribution >= 4 is 28.4 Å². The van der Waals surface area contributed by atoms with Crippen LogP contribution in [0.2, 0.25) is 5.02 Å². The van der Waals surface area contributed by atoms with Crippen LogP contribution in [0.1, 0.15) is 54.4 Å². The van der Waals surface area contributed by atoms with Gasteiger partial charge >= 0.3 is 6.18 Å². The zero-order chi connectivity index (χ0) is 22.2. The minimum absolute atomic E-state index is 0.0352. The number of carbonyl (C=O) groups is 1. The topological polar surface area (TPSA) is 36.1 Å². The van der Waals surface area contributed by atoms with Crippen LogP contribution in [0.25, 0.3) is 10.9 Å². The zero-order valence-electron chi connectivity index (χ0n) is 17.2. The number of hydrogen-bond donors (Lipinski definition) is 1. The van der Waals surface area contributed by atoms with Crippen LogP contribution in [-0.2, 0) is 17.4 Å². The Balaban J connectivity index is 1.82. The second-order valence-corrected chi connectivity index (χ2v) is 8.43. The molecule has 2 heterocycles. The van der Waals surface area contributed by atoms with Gasteiger partial charge in [0.2, 0.25) is 5.91 Å². The maximum Gasteiger partial charge on any atom is 0.417 e. The van der Waals surface area contributed by atoms with Crippen molar-refractivity contribution < 1.29 is 18.0 Å². The van der Waals surface area contributed by atoms with E-state index in [1.165, 1.54) is 6.07 Å². The third-order valence-electron chi connectivity index (χ3n) is 6.13. The van der Waals surface area contributed by atoms with Crippen LogP contribution in [0.5, 0.6) is 0 Å². The van der Waals surface area contributed by atoms with E-state index in [0.717, 1.165) is 47.4 Å². The highest BCUT2D eigenvalue weighted by molar-refractivity contribution is 6.31. The van der Waals surface area contributed by atoms with Crippen LogP contribution in [-0.4, -0.2) is 28.9 Å². The number of hydrogen-bond acceptors (Lipinski definition) is 1. The number of nitrogens with one attached hydrogen (secondary N) is 1. The lowest BCUT2D eigenvalue weighted by Gasteiger charge is -2.22. The number of para-hydroxylation sites is 1.